The fourth-order valence-electron chi connectivity index (χ4n) is 2.42. The zero-order chi connectivity index (χ0) is 14.5. The van der Waals surface area contributed by atoms with Crippen molar-refractivity contribution >= 4 is 23.4 Å². The summed E-state index contributed by atoms with van der Waals surface area (Å²) in [5.74, 6) is 0.953. The van der Waals surface area contributed by atoms with Crippen molar-refractivity contribution in [3.05, 3.63) is 17.4 Å². The van der Waals surface area contributed by atoms with Crippen LogP contribution in [0.15, 0.2) is 17.5 Å². The summed E-state index contributed by atoms with van der Waals surface area (Å²) in [6, 6.07) is -0.0201. The molecule has 0 bridgehead atoms. The largest absolute Gasteiger partial charge is 0.409 e. The summed E-state index contributed by atoms with van der Waals surface area (Å²) in [6.07, 6.45) is 4.01. The van der Waals surface area contributed by atoms with E-state index in [9.17, 15) is 0 Å². The van der Waals surface area contributed by atoms with E-state index in [2.05, 4.69) is 24.9 Å². The van der Waals surface area contributed by atoms with Crippen molar-refractivity contribution in [1.29, 1.82) is 0 Å². The van der Waals surface area contributed by atoms with Gasteiger partial charge in [0.2, 0.25) is 5.95 Å². The molecule has 7 nitrogen and oxygen atoms in total. The minimum absolute atomic E-state index is 0.0201. The molecule has 1 aromatic rings. The maximum Gasteiger partial charge on any atom is 0.225 e. The second-order valence-corrected chi connectivity index (χ2v) is 5.11. The molecule has 1 aliphatic heterocycles. The van der Waals surface area contributed by atoms with Crippen molar-refractivity contribution in [2.24, 2.45) is 10.9 Å². The summed E-state index contributed by atoms with van der Waals surface area (Å²) in [7, 11) is 0. The molecule has 2 rings (SSSR count). The van der Waals surface area contributed by atoms with Crippen LogP contribution in [0.4, 0.5) is 5.95 Å². The van der Waals surface area contributed by atoms with Crippen LogP contribution in [0.1, 0.15) is 13.3 Å². The molecule has 0 spiro atoms. The highest BCUT2D eigenvalue weighted by molar-refractivity contribution is 6.30. The van der Waals surface area contributed by atoms with Crippen LogP contribution in [0.25, 0.3) is 0 Å². The number of halogens is 1. The van der Waals surface area contributed by atoms with Gasteiger partial charge in [-0.05, 0) is 6.42 Å². The predicted octanol–water partition coefficient (Wildman–Crippen LogP) is 0.777. The predicted molar refractivity (Wildman–Crippen MR) is 78.3 cm³/mol. The molecule has 3 N–H and O–H groups in total. The van der Waals surface area contributed by atoms with Crippen molar-refractivity contribution in [2.75, 3.05) is 31.1 Å². The van der Waals surface area contributed by atoms with Gasteiger partial charge in [-0.1, -0.05) is 23.7 Å². The number of oxime groups is 1. The molecule has 0 aliphatic carbocycles. The fraction of sp³-hybridized carbons (Fsp3) is 0.583. The number of aromatic nitrogens is 2. The van der Waals surface area contributed by atoms with Gasteiger partial charge in [-0.15, -0.1) is 0 Å². The minimum Gasteiger partial charge on any atom is -0.409 e. The second kappa shape index (κ2) is 6.71. The number of hydrogen-bond acceptors (Lipinski definition) is 6. The van der Waals surface area contributed by atoms with Gasteiger partial charge in [-0.2, -0.15) is 0 Å². The lowest BCUT2D eigenvalue weighted by Crippen LogP contribution is -2.54. The quantitative estimate of drug-likeness (QED) is 0.369. The van der Waals surface area contributed by atoms with Gasteiger partial charge < -0.3 is 15.8 Å². The molecule has 1 aliphatic rings. The van der Waals surface area contributed by atoms with E-state index < -0.39 is 0 Å². The Morgan fingerprint density at radius 1 is 1.40 bits per heavy atom. The van der Waals surface area contributed by atoms with E-state index in [0.717, 1.165) is 32.6 Å². The summed E-state index contributed by atoms with van der Waals surface area (Å²) in [4.78, 5) is 12.8. The van der Waals surface area contributed by atoms with E-state index in [0.29, 0.717) is 11.0 Å². The second-order valence-electron chi connectivity index (χ2n) is 4.67. The Labute approximate surface area is 123 Å². The normalized spacial score (nSPS) is 19.1. The van der Waals surface area contributed by atoms with Gasteiger partial charge in [0.05, 0.1) is 23.5 Å². The van der Waals surface area contributed by atoms with Gasteiger partial charge in [0.1, 0.15) is 0 Å². The standard InChI is InChI=1S/C12H19ClN6O/c1-2-10(11(14)17-20)18-3-5-19(6-4-18)12-15-7-9(13)8-16-12/h7-8,10,20H,2-6H2,1H3,(H2,14,17). The van der Waals surface area contributed by atoms with Crippen LogP contribution < -0.4 is 10.6 Å². The van der Waals surface area contributed by atoms with Crippen molar-refractivity contribution in [2.45, 2.75) is 19.4 Å². The van der Waals surface area contributed by atoms with Crippen molar-refractivity contribution in [3.8, 4) is 0 Å². The maximum atomic E-state index is 8.82. The zero-order valence-corrected chi connectivity index (χ0v) is 12.2. The maximum absolute atomic E-state index is 8.82. The molecule has 0 saturated carbocycles. The van der Waals surface area contributed by atoms with E-state index >= 15 is 0 Å². The van der Waals surface area contributed by atoms with E-state index in [1.165, 1.54) is 0 Å². The number of anilines is 1. The van der Waals surface area contributed by atoms with E-state index in [-0.39, 0.29) is 11.9 Å². The molecule has 1 atom stereocenters. The molecule has 1 fully saturated rings. The number of hydrogen-bond donors (Lipinski definition) is 2. The Balaban J connectivity index is 1.96. The summed E-state index contributed by atoms with van der Waals surface area (Å²) < 4.78 is 0. The molecule has 2 heterocycles. The first-order valence-electron chi connectivity index (χ1n) is 6.59. The lowest BCUT2D eigenvalue weighted by molar-refractivity contribution is 0.215. The highest BCUT2D eigenvalue weighted by atomic mass is 35.5. The van der Waals surface area contributed by atoms with Crippen molar-refractivity contribution in [3.63, 3.8) is 0 Å². The van der Waals surface area contributed by atoms with Gasteiger partial charge in [-0.25, -0.2) is 9.97 Å². The first kappa shape index (κ1) is 14.8. The number of amidine groups is 1. The lowest BCUT2D eigenvalue weighted by Gasteiger charge is -2.38. The molecule has 0 aromatic carbocycles. The third-order valence-corrected chi connectivity index (χ3v) is 3.68. The average molecular weight is 299 g/mol. The van der Waals surface area contributed by atoms with E-state index in [4.69, 9.17) is 22.5 Å². The molecular weight excluding hydrogens is 280 g/mol. The summed E-state index contributed by atoms with van der Waals surface area (Å²) >= 11 is 5.78. The van der Waals surface area contributed by atoms with Crippen LogP contribution in [-0.2, 0) is 0 Å². The van der Waals surface area contributed by atoms with Crippen LogP contribution in [0.3, 0.4) is 0 Å². The Bertz CT molecular complexity index is 458. The third kappa shape index (κ3) is 3.29. The van der Waals surface area contributed by atoms with Gasteiger partial charge in [0.15, 0.2) is 5.84 Å². The molecule has 8 heteroatoms. The summed E-state index contributed by atoms with van der Waals surface area (Å²) in [6.45, 7) is 5.27. The first-order chi connectivity index (χ1) is 9.65. The highest BCUT2D eigenvalue weighted by Gasteiger charge is 2.26. The minimum atomic E-state index is -0.0201. The molecule has 20 heavy (non-hydrogen) atoms. The number of nitrogens with two attached hydrogens (primary N) is 1. The Hall–Kier alpha value is -1.60. The van der Waals surface area contributed by atoms with Crippen LogP contribution in [0.2, 0.25) is 5.02 Å². The Morgan fingerprint density at radius 3 is 2.50 bits per heavy atom. The van der Waals surface area contributed by atoms with Crippen LogP contribution in [-0.4, -0.2) is 58.1 Å². The van der Waals surface area contributed by atoms with Crippen molar-refractivity contribution in [1.82, 2.24) is 14.9 Å². The SMILES string of the molecule is CCC(C(N)=NO)N1CCN(c2ncc(Cl)cn2)CC1. The summed E-state index contributed by atoms with van der Waals surface area (Å²) in [5, 5.41) is 12.5. The van der Waals surface area contributed by atoms with Gasteiger partial charge in [0, 0.05) is 26.2 Å². The van der Waals surface area contributed by atoms with E-state index in [1.807, 2.05) is 6.92 Å². The molecule has 1 unspecified atom stereocenters. The first-order valence-corrected chi connectivity index (χ1v) is 6.97. The zero-order valence-electron chi connectivity index (χ0n) is 11.4. The number of nitrogens with zero attached hydrogens (tertiary/aromatic N) is 5. The molecule has 0 amide bonds. The number of rotatable bonds is 4. The van der Waals surface area contributed by atoms with Crippen LogP contribution in [0, 0.1) is 0 Å². The van der Waals surface area contributed by atoms with Crippen LogP contribution in [0.5, 0.6) is 0 Å². The monoisotopic (exact) mass is 298 g/mol. The van der Waals surface area contributed by atoms with Gasteiger partial charge in [0.25, 0.3) is 0 Å². The Kier molecular flexibility index (Phi) is 4.97. The van der Waals surface area contributed by atoms with Crippen molar-refractivity contribution < 1.29 is 5.21 Å². The Morgan fingerprint density at radius 2 is 2.00 bits per heavy atom. The lowest BCUT2D eigenvalue weighted by atomic mass is 10.1. The fourth-order valence-corrected chi connectivity index (χ4v) is 2.52. The topological polar surface area (TPSA) is 90.9 Å². The third-order valence-electron chi connectivity index (χ3n) is 3.49. The molecule has 1 aromatic heterocycles. The molecule has 1 saturated heterocycles. The summed E-state index contributed by atoms with van der Waals surface area (Å²) in [5.41, 5.74) is 5.73. The van der Waals surface area contributed by atoms with Crippen LogP contribution >= 0.6 is 11.6 Å². The average Bonchev–Trinajstić information content (AvgIpc) is 2.49. The van der Waals surface area contributed by atoms with Gasteiger partial charge >= 0.3 is 0 Å². The molecule has 0 radical (unpaired) electrons. The highest BCUT2D eigenvalue weighted by Crippen LogP contribution is 2.15. The molecule has 110 valence electrons. The van der Waals surface area contributed by atoms with Gasteiger partial charge in [-0.3, -0.25) is 4.90 Å². The number of piperazine rings is 1. The van der Waals surface area contributed by atoms with E-state index in [1.54, 1.807) is 12.4 Å². The smallest absolute Gasteiger partial charge is 0.225 e. The molecular formula is C12H19ClN6O.